The zero-order valence-corrected chi connectivity index (χ0v) is 14.2. The van der Waals surface area contributed by atoms with E-state index in [2.05, 4.69) is 0 Å². The van der Waals surface area contributed by atoms with Crippen LogP contribution in [0.25, 0.3) is 0 Å². The van der Waals surface area contributed by atoms with Crippen molar-refractivity contribution < 1.29 is 9.53 Å². The van der Waals surface area contributed by atoms with Gasteiger partial charge < -0.3 is 15.4 Å². The van der Waals surface area contributed by atoms with Crippen LogP contribution in [0.5, 0.6) is 5.75 Å². The number of likely N-dealkylation sites (tertiary alicyclic amines) is 1. The van der Waals surface area contributed by atoms with E-state index >= 15 is 0 Å². The maximum atomic E-state index is 12.5. The van der Waals surface area contributed by atoms with Crippen LogP contribution in [0.3, 0.4) is 0 Å². The first-order valence-electron chi connectivity index (χ1n) is 7.47. The summed E-state index contributed by atoms with van der Waals surface area (Å²) in [5.41, 5.74) is 5.50. The molecule has 3 rings (SSSR count). The highest BCUT2D eigenvalue weighted by atomic mass is 35.5. The summed E-state index contributed by atoms with van der Waals surface area (Å²) in [7, 11) is 0. The molecule has 2 atom stereocenters. The van der Waals surface area contributed by atoms with Crippen molar-refractivity contribution in [2.75, 3.05) is 13.1 Å². The molecule has 1 amide bonds. The first kappa shape index (κ1) is 17.4. The van der Waals surface area contributed by atoms with Gasteiger partial charge in [-0.3, -0.25) is 4.79 Å². The number of hydrogen-bond acceptors (Lipinski definition) is 3. The highest BCUT2D eigenvalue weighted by Crippen LogP contribution is 2.39. The highest BCUT2D eigenvalue weighted by Gasteiger charge is 2.47. The Bertz CT molecular complexity index is 547. The third kappa shape index (κ3) is 3.67. The Balaban J connectivity index is 0.00000176. The lowest BCUT2D eigenvalue weighted by Gasteiger charge is -2.29. The van der Waals surface area contributed by atoms with Gasteiger partial charge in [0.05, 0.1) is 12.1 Å². The Morgan fingerprint density at radius 3 is 2.77 bits per heavy atom. The normalized spacial score (nSPS) is 23.6. The van der Waals surface area contributed by atoms with Gasteiger partial charge in [-0.15, -0.1) is 12.4 Å². The number of benzene rings is 1. The molecule has 0 bridgehead atoms. The van der Waals surface area contributed by atoms with Crippen LogP contribution >= 0.6 is 24.0 Å². The van der Waals surface area contributed by atoms with Gasteiger partial charge in [0, 0.05) is 18.0 Å². The molecule has 1 aliphatic carbocycles. The summed E-state index contributed by atoms with van der Waals surface area (Å²) in [6, 6.07) is 7.35. The Morgan fingerprint density at radius 1 is 1.41 bits per heavy atom. The number of halogens is 2. The topological polar surface area (TPSA) is 55.6 Å². The Morgan fingerprint density at radius 2 is 2.14 bits per heavy atom. The lowest BCUT2D eigenvalue weighted by Crippen LogP contribution is -2.54. The van der Waals surface area contributed by atoms with Crippen LogP contribution in [0.4, 0.5) is 0 Å². The van der Waals surface area contributed by atoms with E-state index in [4.69, 9.17) is 22.1 Å². The molecule has 2 N–H and O–H groups in total. The third-order valence-electron chi connectivity index (χ3n) is 4.42. The number of carbonyl (C=O) groups is 1. The van der Waals surface area contributed by atoms with Gasteiger partial charge in [-0.1, -0.05) is 17.7 Å². The quantitative estimate of drug-likeness (QED) is 0.913. The van der Waals surface area contributed by atoms with Gasteiger partial charge in [0.15, 0.2) is 0 Å². The van der Waals surface area contributed by atoms with Gasteiger partial charge in [0.2, 0.25) is 5.91 Å². The minimum absolute atomic E-state index is 0. The zero-order valence-electron chi connectivity index (χ0n) is 12.6. The maximum absolute atomic E-state index is 12.5. The van der Waals surface area contributed by atoms with Crippen molar-refractivity contribution in [1.82, 2.24) is 4.90 Å². The van der Waals surface area contributed by atoms with Gasteiger partial charge in [0.1, 0.15) is 11.9 Å². The molecule has 1 saturated carbocycles. The predicted octanol–water partition coefficient (Wildman–Crippen LogP) is 2.87. The van der Waals surface area contributed by atoms with Crippen LogP contribution in [0.2, 0.25) is 5.02 Å². The fourth-order valence-electron chi connectivity index (χ4n) is 2.94. The molecular formula is C16H22Cl2N2O2. The number of rotatable bonds is 4. The summed E-state index contributed by atoms with van der Waals surface area (Å²) >= 11 is 5.95. The summed E-state index contributed by atoms with van der Waals surface area (Å²) in [6.45, 7) is 3.17. The van der Waals surface area contributed by atoms with Gasteiger partial charge in [-0.05, 0) is 43.9 Å². The molecule has 0 spiro atoms. The smallest absolute Gasteiger partial charge is 0.242 e. The minimum Gasteiger partial charge on any atom is -0.488 e. The Hall–Kier alpha value is -0.970. The van der Waals surface area contributed by atoms with E-state index < -0.39 is 5.54 Å². The van der Waals surface area contributed by atoms with Crippen molar-refractivity contribution in [2.45, 2.75) is 37.8 Å². The second-order valence-electron chi connectivity index (χ2n) is 6.29. The number of amides is 1. The van der Waals surface area contributed by atoms with Gasteiger partial charge in [-0.2, -0.15) is 0 Å². The van der Waals surface area contributed by atoms with Crippen molar-refractivity contribution >= 4 is 29.9 Å². The van der Waals surface area contributed by atoms with E-state index in [0.717, 1.165) is 25.0 Å². The van der Waals surface area contributed by atoms with Crippen LogP contribution in [-0.4, -0.2) is 35.5 Å². The average molecular weight is 345 g/mol. The third-order valence-corrected chi connectivity index (χ3v) is 4.65. The number of nitrogens with zero attached hydrogens (tertiary/aromatic N) is 1. The van der Waals surface area contributed by atoms with Crippen molar-refractivity contribution in [2.24, 2.45) is 11.7 Å². The lowest BCUT2D eigenvalue weighted by atomic mass is 9.95. The molecule has 2 unspecified atom stereocenters. The Labute approximate surface area is 142 Å². The molecule has 6 heteroatoms. The largest absolute Gasteiger partial charge is 0.488 e. The standard InChI is InChI=1S/C16H21ClN2O2.ClH/c1-16(18,11-5-6-11)15(20)19-8-7-14(10-19)21-13-4-2-3-12(17)9-13;/h2-4,9,11,14H,5-8,10,18H2,1H3;1H. The number of ether oxygens (including phenoxy) is 1. The van der Waals surface area contributed by atoms with E-state index in [1.807, 2.05) is 30.0 Å². The van der Waals surface area contributed by atoms with Gasteiger partial charge >= 0.3 is 0 Å². The first-order valence-corrected chi connectivity index (χ1v) is 7.85. The van der Waals surface area contributed by atoms with Gasteiger partial charge in [0.25, 0.3) is 0 Å². The Kier molecular flexibility index (Phi) is 5.25. The molecule has 0 aromatic heterocycles. The lowest BCUT2D eigenvalue weighted by molar-refractivity contribution is -0.136. The zero-order chi connectivity index (χ0) is 15.0. The summed E-state index contributed by atoms with van der Waals surface area (Å²) in [5, 5.41) is 0.654. The van der Waals surface area contributed by atoms with E-state index in [1.54, 1.807) is 6.07 Å². The summed E-state index contributed by atoms with van der Waals surface area (Å²) in [5.74, 6) is 1.15. The number of carbonyl (C=O) groups excluding carboxylic acids is 1. The minimum atomic E-state index is -0.717. The molecule has 1 aromatic carbocycles. The SMILES string of the molecule is CC(N)(C(=O)N1CCC(Oc2cccc(Cl)c2)C1)C1CC1.Cl. The molecule has 1 heterocycles. The first-order chi connectivity index (χ1) is 9.96. The van der Waals surface area contributed by atoms with Crippen LogP contribution in [0, 0.1) is 5.92 Å². The fraction of sp³-hybridized carbons (Fsp3) is 0.562. The van der Waals surface area contributed by atoms with E-state index in [-0.39, 0.29) is 24.4 Å². The fourth-order valence-corrected chi connectivity index (χ4v) is 3.12. The van der Waals surface area contributed by atoms with Crippen LogP contribution < -0.4 is 10.5 Å². The molecule has 1 saturated heterocycles. The van der Waals surface area contributed by atoms with E-state index in [9.17, 15) is 4.79 Å². The molecule has 1 aliphatic heterocycles. The molecular weight excluding hydrogens is 323 g/mol. The van der Waals surface area contributed by atoms with E-state index in [0.29, 0.717) is 24.0 Å². The van der Waals surface area contributed by atoms with Crippen LogP contribution in [-0.2, 0) is 4.79 Å². The van der Waals surface area contributed by atoms with E-state index in [1.165, 1.54) is 0 Å². The molecule has 4 nitrogen and oxygen atoms in total. The molecule has 2 aliphatic rings. The van der Waals surface area contributed by atoms with Crippen LogP contribution in [0.1, 0.15) is 26.2 Å². The molecule has 122 valence electrons. The number of hydrogen-bond donors (Lipinski definition) is 1. The maximum Gasteiger partial charge on any atom is 0.242 e. The number of nitrogens with two attached hydrogens (primary N) is 1. The molecule has 0 radical (unpaired) electrons. The molecule has 22 heavy (non-hydrogen) atoms. The predicted molar refractivity (Wildman–Crippen MR) is 89.6 cm³/mol. The van der Waals surface area contributed by atoms with Crippen molar-refractivity contribution in [3.05, 3.63) is 29.3 Å². The second-order valence-corrected chi connectivity index (χ2v) is 6.73. The van der Waals surface area contributed by atoms with Crippen molar-refractivity contribution in [3.8, 4) is 5.75 Å². The molecule has 1 aromatic rings. The van der Waals surface area contributed by atoms with Crippen LogP contribution in [0.15, 0.2) is 24.3 Å². The summed E-state index contributed by atoms with van der Waals surface area (Å²) < 4.78 is 5.91. The molecule has 2 fully saturated rings. The average Bonchev–Trinajstić information content (AvgIpc) is 3.20. The second kappa shape index (κ2) is 6.65. The van der Waals surface area contributed by atoms with Gasteiger partial charge in [-0.25, -0.2) is 0 Å². The van der Waals surface area contributed by atoms with Crippen molar-refractivity contribution in [1.29, 1.82) is 0 Å². The summed E-state index contributed by atoms with van der Waals surface area (Å²) in [4.78, 5) is 14.4. The highest BCUT2D eigenvalue weighted by molar-refractivity contribution is 6.30. The van der Waals surface area contributed by atoms with Crippen molar-refractivity contribution in [3.63, 3.8) is 0 Å². The monoisotopic (exact) mass is 344 g/mol. The summed E-state index contributed by atoms with van der Waals surface area (Å²) in [6.07, 6.45) is 2.98.